The maximum Gasteiger partial charge on any atom is 0.264 e. The number of carbonyl (C=O) groups excluding carboxylic acids is 2. The minimum atomic E-state index is -4.13. The van der Waals surface area contributed by atoms with E-state index in [-0.39, 0.29) is 28.1 Å². The smallest absolute Gasteiger partial charge is 0.264 e. The number of amides is 2. The van der Waals surface area contributed by atoms with Crippen LogP contribution in [0.2, 0.25) is 5.02 Å². The molecule has 0 bridgehead atoms. The van der Waals surface area contributed by atoms with E-state index in [0.717, 1.165) is 4.31 Å². The van der Waals surface area contributed by atoms with Gasteiger partial charge >= 0.3 is 0 Å². The standard InChI is InChI=1S/C23H20ClN3O5S/c1-32-21-12-11-16(13-18(21)24)27(33(30,31)17-7-3-2-4-8-17)15-23(29)26-14-22(28)25-19-9-5-6-10-20(19)26/h2-13H,14-15H2,1H3,(H,25,28). The van der Waals surface area contributed by atoms with Crippen LogP contribution in [-0.2, 0) is 19.6 Å². The molecule has 0 aliphatic carbocycles. The third-order valence-electron chi connectivity index (χ3n) is 5.11. The van der Waals surface area contributed by atoms with Crippen molar-refractivity contribution in [3.05, 3.63) is 77.8 Å². The Morgan fingerprint density at radius 1 is 1.09 bits per heavy atom. The lowest BCUT2D eigenvalue weighted by Gasteiger charge is -2.32. The lowest BCUT2D eigenvalue weighted by atomic mass is 10.2. The summed E-state index contributed by atoms with van der Waals surface area (Å²) in [7, 11) is -2.68. The van der Waals surface area contributed by atoms with Gasteiger partial charge in [-0.15, -0.1) is 0 Å². The molecular weight excluding hydrogens is 466 g/mol. The van der Waals surface area contributed by atoms with Crippen molar-refractivity contribution in [3.63, 3.8) is 0 Å². The molecule has 1 aliphatic heterocycles. The molecule has 0 atom stereocenters. The van der Waals surface area contributed by atoms with Crippen molar-refractivity contribution >= 4 is 50.5 Å². The minimum absolute atomic E-state index is 0.0153. The highest BCUT2D eigenvalue weighted by atomic mass is 35.5. The Morgan fingerprint density at radius 3 is 2.48 bits per heavy atom. The number of anilines is 3. The molecule has 1 aliphatic rings. The van der Waals surface area contributed by atoms with Gasteiger partial charge in [-0.2, -0.15) is 0 Å². The van der Waals surface area contributed by atoms with E-state index in [1.807, 2.05) is 0 Å². The van der Waals surface area contributed by atoms with Gasteiger partial charge < -0.3 is 10.1 Å². The van der Waals surface area contributed by atoms with Crippen molar-refractivity contribution in [2.24, 2.45) is 0 Å². The van der Waals surface area contributed by atoms with Gasteiger partial charge in [0.1, 0.15) is 18.8 Å². The Hall–Kier alpha value is -3.56. The average molecular weight is 486 g/mol. The first kappa shape index (κ1) is 22.6. The highest BCUT2D eigenvalue weighted by molar-refractivity contribution is 7.92. The monoisotopic (exact) mass is 485 g/mol. The summed E-state index contributed by atoms with van der Waals surface area (Å²) in [5, 5.41) is 2.90. The molecule has 0 saturated carbocycles. The number of carbonyl (C=O) groups is 2. The molecule has 1 N–H and O–H groups in total. The number of ether oxygens (including phenoxy) is 1. The van der Waals surface area contributed by atoms with Crippen molar-refractivity contribution < 1.29 is 22.7 Å². The Morgan fingerprint density at radius 2 is 1.79 bits per heavy atom. The van der Waals surface area contributed by atoms with Crippen LogP contribution in [0, 0.1) is 0 Å². The molecule has 10 heteroatoms. The number of halogens is 1. The van der Waals surface area contributed by atoms with Gasteiger partial charge in [0, 0.05) is 0 Å². The summed E-state index contributed by atoms with van der Waals surface area (Å²) in [4.78, 5) is 26.8. The summed E-state index contributed by atoms with van der Waals surface area (Å²) in [6.07, 6.45) is 0. The molecule has 4 rings (SSSR count). The Kier molecular flexibility index (Phi) is 6.26. The number of nitrogens with one attached hydrogen (secondary N) is 1. The molecule has 33 heavy (non-hydrogen) atoms. The zero-order chi connectivity index (χ0) is 23.6. The van der Waals surface area contributed by atoms with E-state index in [4.69, 9.17) is 16.3 Å². The molecule has 0 radical (unpaired) electrons. The first-order valence-electron chi connectivity index (χ1n) is 9.92. The lowest BCUT2D eigenvalue weighted by Crippen LogP contribution is -2.48. The lowest BCUT2D eigenvalue weighted by molar-refractivity contribution is -0.121. The maximum atomic E-state index is 13.5. The average Bonchev–Trinajstić information content (AvgIpc) is 2.82. The second-order valence-electron chi connectivity index (χ2n) is 7.19. The fourth-order valence-electron chi connectivity index (χ4n) is 3.51. The molecule has 170 valence electrons. The van der Waals surface area contributed by atoms with E-state index in [9.17, 15) is 18.0 Å². The van der Waals surface area contributed by atoms with Crippen LogP contribution in [0.3, 0.4) is 0 Å². The van der Waals surface area contributed by atoms with Crippen LogP contribution in [-0.4, -0.2) is 40.4 Å². The van der Waals surface area contributed by atoms with Crippen molar-refractivity contribution in [2.45, 2.75) is 4.90 Å². The second-order valence-corrected chi connectivity index (χ2v) is 9.46. The number of hydrogen-bond donors (Lipinski definition) is 1. The predicted molar refractivity (Wildman–Crippen MR) is 126 cm³/mol. The highest BCUT2D eigenvalue weighted by Crippen LogP contribution is 2.33. The molecular formula is C23H20ClN3O5S. The second kappa shape index (κ2) is 9.13. The van der Waals surface area contributed by atoms with Crippen molar-refractivity contribution in [1.82, 2.24) is 0 Å². The third-order valence-corrected chi connectivity index (χ3v) is 7.19. The van der Waals surface area contributed by atoms with Gasteiger partial charge in [-0.25, -0.2) is 8.42 Å². The number of methoxy groups -OCH3 is 1. The van der Waals surface area contributed by atoms with E-state index in [1.54, 1.807) is 42.5 Å². The number of hydrogen-bond acceptors (Lipinski definition) is 5. The molecule has 3 aromatic carbocycles. The van der Waals surface area contributed by atoms with Crippen LogP contribution in [0.25, 0.3) is 0 Å². The summed E-state index contributed by atoms with van der Waals surface area (Å²) in [6, 6.07) is 19.1. The fraction of sp³-hybridized carbons (Fsp3) is 0.130. The summed E-state index contributed by atoms with van der Waals surface area (Å²) in [5.41, 5.74) is 1.16. The van der Waals surface area contributed by atoms with Gasteiger partial charge in [0.2, 0.25) is 11.8 Å². The number of sulfonamides is 1. The number of benzene rings is 3. The van der Waals surface area contributed by atoms with E-state index < -0.39 is 22.5 Å². The zero-order valence-corrected chi connectivity index (χ0v) is 19.1. The van der Waals surface area contributed by atoms with E-state index in [1.165, 1.54) is 42.3 Å². The Bertz CT molecular complexity index is 1310. The normalized spacial score (nSPS) is 13.2. The van der Waals surface area contributed by atoms with E-state index in [2.05, 4.69) is 5.32 Å². The highest BCUT2D eigenvalue weighted by Gasteiger charge is 2.32. The van der Waals surface area contributed by atoms with Crippen LogP contribution in [0.1, 0.15) is 0 Å². The molecule has 1 heterocycles. The Balaban J connectivity index is 1.75. The minimum Gasteiger partial charge on any atom is -0.495 e. The number of rotatable bonds is 6. The van der Waals surface area contributed by atoms with E-state index >= 15 is 0 Å². The number of nitrogens with zero attached hydrogens (tertiary/aromatic N) is 2. The van der Waals surface area contributed by atoms with Gasteiger partial charge in [-0.05, 0) is 42.5 Å². The van der Waals surface area contributed by atoms with Crippen LogP contribution >= 0.6 is 11.6 Å². The molecule has 0 spiro atoms. The predicted octanol–water partition coefficient (Wildman–Crippen LogP) is 3.53. The summed E-state index contributed by atoms with van der Waals surface area (Å²) in [6.45, 7) is -0.764. The summed E-state index contributed by atoms with van der Waals surface area (Å²) < 4.78 is 33.2. The van der Waals surface area contributed by atoms with Gasteiger partial charge in [0.15, 0.2) is 0 Å². The maximum absolute atomic E-state index is 13.5. The van der Waals surface area contributed by atoms with Gasteiger partial charge in [-0.1, -0.05) is 41.9 Å². The summed E-state index contributed by atoms with van der Waals surface area (Å²) >= 11 is 6.25. The van der Waals surface area contributed by atoms with Gasteiger partial charge in [0.25, 0.3) is 10.0 Å². The van der Waals surface area contributed by atoms with Crippen molar-refractivity contribution in [3.8, 4) is 5.75 Å². The zero-order valence-electron chi connectivity index (χ0n) is 17.6. The molecule has 0 aromatic heterocycles. The topological polar surface area (TPSA) is 96.0 Å². The molecule has 2 amide bonds. The van der Waals surface area contributed by atoms with Crippen LogP contribution < -0.4 is 19.3 Å². The van der Waals surface area contributed by atoms with Gasteiger partial charge in [-0.3, -0.25) is 18.8 Å². The number of fused-ring (bicyclic) bond motifs is 1. The SMILES string of the molecule is COc1ccc(N(CC(=O)N2CC(=O)Nc3ccccc32)S(=O)(=O)c2ccccc2)cc1Cl. The van der Waals surface area contributed by atoms with Crippen LogP contribution in [0.5, 0.6) is 5.75 Å². The largest absolute Gasteiger partial charge is 0.495 e. The molecule has 0 saturated heterocycles. The van der Waals surface area contributed by atoms with E-state index in [0.29, 0.717) is 17.1 Å². The quantitative estimate of drug-likeness (QED) is 0.576. The first-order valence-corrected chi connectivity index (χ1v) is 11.7. The van der Waals surface area contributed by atoms with Crippen molar-refractivity contribution in [2.75, 3.05) is 34.7 Å². The third kappa shape index (κ3) is 4.50. The molecule has 0 unspecified atom stereocenters. The van der Waals surface area contributed by atoms with Crippen LogP contribution in [0.15, 0.2) is 77.7 Å². The molecule has 8 nitrogen and oxygen atoms in total. The van der Waals surface area contributed by atoms with Crippen LogP contribution in [0.4, 0.5) is 17.1 Å². The first-order chi connectivity index (χ1) is 15.8. The van der Waals surface area contributed by atoms with Gasteiger partial charge in [0.05, 0.1) is 34.1 Å². The fourth-order valence-corrected chi connectivity index (χ4v) is 5.19. The molecule has 0 fully saturated rings. The van der Waals surface area contributed by atoms with Crippen molar-refractivity contribution in [1.29, 1.82) is 0 Å². The summed E-state index contributed by atoms with van der Waals surface area (Å²) in [5.74, 6) is -0.568. The Labute approximate surface area is 196 Å². The number of para-hydroxylation sites is 2. The molecule has 3 aromatic rings.